The standard InChI is InChI=1S/C23H29F2N4O9P/c1-3-18(30)37-19-16(36-21(23(19,24)25)29-10-9-17(26)27-22(29)31)13-35-39(32,38-15-7-5-4-6-8-15)28-14(2)20-33-11-12-34-20/h4-10,14,16,19-21H,3,11-13H2,1-2H3,(H,28,32)(H2,26,27,31)/t14?,16-,19-,21-,39?/m1/s1. The van der Waals surface area contributed by atoms with Gasteiger partial charge >= 0.3 is 25.3 Å². The molecular weight excluding hydrogens is 545 g/mol. The fourth-order valence-corrected chi connectivity index (χ4v) is 5.48. The second-order valence-corrected chi connectivity index (χ2v) is 10.4. The summed E-state index contributed by atoms with van der Waals surface area (Å²) >= 11 is 0. The van der Waals surface area contributed by atoms with Crippen molar-refractivity contribution in [3.63, 3.8) is 0 Å². The summed E-state index contributed by atoms with van der Waals surface area (Å²) in [7, 11) is -4.29. The molecule has 16 heteroatoms. The number of benzene rings is 1. The minimum absolute atomic E-state index is 0.165. The molecule has 0 bridgehead atoms. The van der Waals surface area contributed by atoms with Crippen molar-refractivity contribution >= 4 is 19.5 Å². The monoisotopic (exact) mass is 574 g/mol. The van der Waals surface area contributed by atoms with E-state index in [2.05, 4.69) is 10.1 Å². The number of anilines is 1. The molecule has 3 N–H and O–H groups in total. The summed E-state index contributed by atoms with van der Waals surface area (Å²) in [4.78, 5) is 27.8. The first-order valence-electron chi connectivity index (χ1n) is 12.1. The number of nitrogens with zero attached hydrogens (tertiary/aromatic N) is 2. The van der Waals surface area contributed by atoms with Crippen molar-refractivity contribution in [1.82, 2.24) is 14.6 Å². The van der Waals surface area contributed by atoms with Crippen molar-refractivity contribution in [2.24, 2.45) is 0 Å². The van der Waals surface area contributed by atoms with Crippen LogP contribution < -0.4 is 21.0 Å². The number of esters is 1. The molecular formula is C23H29F2N4O9P. The molecule has 0 spiro atoms. The minimum Gasteiger partial charge on any atom is -0.453 e. The van der Waals surface area contributed by atoms with Crippen molar-refractivity contribution in [3.05, 3.63) is 53.1 Å². The molecule has 2 aliphatic rings. The first kappa shape index (κ1) is 29.1. The van der Waals surface area contributed by atoms with Gasteiger partial charge in [-0.1, -0.05) is 25.1 Å². The molecule has 214 valence electrons. The summed E-state index contributed by atoms with van der Waals surface area (Å²) in [6.07, 6.45) is -6.05. The van der Waals surface area contributed by atoms with E-state index in [1.165, 1.54) is 19.1 Å². The average molecular weight is 574 g/mol. The van der Waals surface area contributed by atoms with Gasteiger partial charge in [0.15, 0.2) is 12.4 Å². The second-order valence-electron chi connectivity index (χ2n) is 8.73. The number of hydrogen-bond donors (Lipinski definition) is 2. The Morgan fingerprint density at radius 3 is 2.62 bits per heavy atom. The Bertz CT molecular complexity index is 1250. The number of alkyl halides is 2. The third-order valence-corrected chi connectivity index (χ3v) is 7.46. The summed E-state index contributed by atoms with van der Waals surface area (Å²) in [6, 6.07) is 8.46. The highest BCUT2D eigenvalue weighted by atomic mass is 31.2. The first-order chi connectivity index (χ1) is 18.5. The number of halogens is 2. The van der Waals surface area contributed by atoms with Crippen LogP contribution >= 0.6 is 7.75 Å². The van der Waals surface area contributed by atoms with E-state index < -0.39 is 62.7 Å². The van der Waals surface area contributed by atoms with Crippen LogP contribution in [0.2, 0.25) is 0 Å². The van der Waals surface area contributed by atoms with Crippen LogP contribution in [0.15, 0.2) is 47.4 Å². The molecule has 2 saturated heterocycles. The quantitative estimate of drug-likeness (QED) is 0.298. The van der Waals surface area contributed by atoms with Crippen LogP contribution in [-0.2, 0) is 32.8 Å². The van der Waals surface area contributed by atoms with Gasteiger partial charge in [0.1, 0.15) is 17.7 Å². The molecule has 39 heavy (non-hydrogen) atoms. The Morgan fingerprint density at radius 2 is 1.97 bits per heavy atom. The number of nitrogens with two attached hydrogens (primary N) is 1. The van der Waals surface area contributed by atoms with Crippen LogP contribution in [0.5, 0.6) is 5.75 Å². The van der Waals surface area contributed by atoms with Gasteiger partial charge in [-0.15, -0.1) is 0 Å². The summed E-state index contributed by atoms with van der Waals surface area (Å²) in [5.41, 5.74) is 4.36. The van der Waals surface area contributed by atoms with E-state index in [9.17, 15) is 14.2 Å². The number of carbonyl (C=O) groups is 1. The van der Waals surface area contributed by atoms with E-state index >= 15 is 8.78 Å². The van der Waals surface area contributed by atoms with E-state index in [1.807, 2.05) is 0 Å². The van der Waals surface area contributed by atoms with Crippen molar-refractivity contribution in [2.45, 2.75) is 57.0 Å². The molecule has 0 saturated carbocycles. The highest BCUT2D eigenvalue weighted by Gasteiger charge is 2.62. The molecule has 2 aliphatic heterocycles. The van der Waals surface area contributed by atoms with Crippen molar-refractivity contribution in [3.8, 4) is 5.75 Å². The Kier molecular flexibility index (Phi) is 8.99. The molecule has 2 aromatic rings. The van der Waals surface area contributed by atoms with Crippen LogP contribution in [0.25, 0.3) is 0 Å². The molecule has 4 rings (SSSR count). The predicted molar refractivity (Wildman–Crippen MR) is 131 cm³/mol. The van der Waals surface area contributed by atoms with Crippen molar-refractivity contribution in [1.29, 1.82) is 0 Å². The lowest BCUT2D eigenvalue weighted by Gasteiger charge is -2.27. The summed E-state index contributed by atoms with van der Waals surface area (Å²) < 4.78 is 77.9. The fourth-order valence-electron chi connectivity index (χ4n) is 3.93. The zero-order valence-electron chi connectivity index (χ0n) is 21.1. The topological polar surface area (TPSA) is 162 Å². The Labute approximate surface area is 222 Å². The van der Waals surface area contributed by atoms with E-state index in [1.54, 1.807) is 25.1 Å². The van der Waals surface area contributed by atoms with Gasteiger partial charge in [0.25, 0.3) is 0 Å². The molecule has 1 aromatic heterocycles. The zero-order chi connectivity index (χ0) is 28.2. The SMILES string of the molecule is CCC(=O)O[C@@H]1[C@@H](COP(=O)(NC(C)C2OCCO2)Oc2ccccc2)O[C@@H](n2ccc(N)nc2=O)C1(F)F. The maximum absolute atomic E-state index is 15.5. The Hall–Kier alpha value is -2.94. The fraction of sp³-hybridized carbons (Fsp3) is 0.522. The molecule has 3 heterocycles. The molecule has 0 radical (unpaired) electrons. The molecule has 5 atom stereocenters. The molecule has 13 nitrogen and oxygen atoms in total. The number of nitrogens with one attached hydrogen (secondary N) is 1. The predicted octanol–water partition coefficient (Wildman–Crippen LogP) is 2.23. The number of nitrogen functional groups attached to an aromatic ring is 1. The van der Waals surface area contributed by atoms with Gasteiger partial charge in [-0.2, -0.15) is 13.8 Å². The van der Waals surface area contributed by atoms with Crippen LogP contribution in [0.3, 0.4) is 0 Å². The van der Waals surface area contributed by atoms with E-state index in [0.29, 0.717) is 17.8 Å². The first-order valence-corrected chi connectivity index (χ1v) is 13.6. The van der Waals surface area contributed by atoms with E-state index in [0.717, 1.165) is 12.3 Å². The third-order valence-electron chi connectivity index (χ3n) is 5.80. The normalized spacial score (nSPS) is 25.2. The second kappa shape index (κ2) is 12.1. The number of carbonyl (C=O) groups excluding carboxylic acids is 1. The maximum Gasteiger partial charge on any atom is 0.459 e. The van der Waals surface area contributed by atoms with Crippen molar-refractivity contribution < 1.29 is 46.1 Å². The summed E-state index contributed by atoms with van der Waals surface area (Å²) in [6.45, 7) is 2.92. The number of hydrogen-bond acceptors (Lipinski definition) is 11. The van der Waals surface area contributed by atoms with Gasteiger partial charge in [0.05, 0.1) is 25.9 Å². The lowest BCUT2D eigenvalue weighted by molar-refractivity contribution is -0.176. The number of rotatable bonds is 11. The van der Waals surface area contributed by atoms with Crippen LogP contribution in [-0.4, -0.2) is 65.8 Å². The minimum atomic E-state index is -4.29. The van der Waals surface area contributed by atoms with Gasteiger partial charge in [-0.25, -0.2) is 14.4 Å². The summed E-state index contributed by atoms with van der Waals surface area (Å²) in [5, 5.41) is 2.68. The van der Waals surface area contributed by atoms with E-state index in [-0.39, 0.29) is 18.0 Å². The smallest absolute Gasteiger partial charge is 0.453 e. The zero-order valence-corrected chi connectivity index (χ0v) is 22.0. The van der Waals surface area contributed by atoms with Crippen LogP contribution in [0.1, 0.15) is 26.5 Å². The molecule has 2 unspecified atom stereocenters. The van der Waals surface area contributed by atoms with Crippen molar-refractivity contribution in [2.75, 3.05) is 25.6 Å². The van der Waals surface area contributed by atoms with E-state index in [4.69, 9.17) is 33.7 Å². The Balaban J connectivity index is 1.59. The number of para-hydroxylation sites is 1. The van der Waals surface area contributed by atoms with Gasteiger partial charge in [-0.05, 0) is 25.1 Å². The maximum atomic E-state index is 15.5. The Morgan fingerprint density at radius 1 is 1.28 bits per heavy atom. The van der Waals surface area contributed by atoms with Crippen LogP contribution in [0.4, 0.5) is 14.6 Å². The van der Waals surface area contributed by atoms with Crippen LogP contribution in [0, 0.1) is 0 Å². The molecule has 0 aliphatic carbocycles. The van der Waals surface area contributed by atoms with Gasteiger partial charge in [0, 0.05) is 12.6 Å². The van der Waals surface area contributed by atoms with Gasteiger partial charge in [0.2, 0.25) is 6.23 Å². The third kappa shape index (κ3) is 6.80. The van der Waals surface area contributed by atoms with Gasteiger partial charge < -0.3 is 29.2 Å². The lowest BCUT2D eigenvalue weighted by Crippen LogP contribution is -2.45. The highest BCUT2D eigenvalue weighted by molar-refractivity contribution is 7.52. The number of ether oxygens (including phenoxy) is 4. The molecule has 0 amide bonds. The average Bonchev–Trinajstić information content (AvgIpc) is 3.51. The largest absolute Gasteiger partial charge is 0.459 e. The molecule has 2 fully saturated rings. The van der Waals surface area contributed by atoms with Gasteiger partial charge in [-0.3, -0.25) is 13.9 Å². The number of aromatic nitrogens is 2. The highest BCUT2D eigenvalue weighted by Crippen LogP contribution is 2.49. The lowest BCUT2D eigenvalue weighted by atomic mass is 10.1. The molecule has 1 aromatic carbocycles. The summed E-state index contributed by atoms with van der Waals surface area (Å²) in [5.74, 6) is -4.86.